The van der Waals surface area contributed by atoms with E-state index >= 15 is 0 Å². The van der Waals surface area contributed by atoms with E-state index in [0.29, 0.717) is 23.5 Å². The summed E-state index contributed by atoms with van der Waals surface area (Å²) >= 11 is 1.12. The minimum absolute atomic E-state index is 0.0125. The summed E-state index contributed by atoms with van der Waals surface area (Å²) in [6.07, 6.45) is 0.161. The molecule has 0 saturated carbocycles. The molecule has 3 rings (SSSR count). The largest absolute Gasteiger partial charge is 0.324 e. The van der Waals surface area contributed by atoms with Crippen molar-refractivity contribution in [2.75, 3.05) is 10.6 Å². The topological polar surface area (TPSA) is 80.2 Å². The Balaban J connectivity index is 1.66. The van der Waals surface area contributed by atoms with Crippen LogP contribution in [0.2, 0.25) is 0 Å². The van der Waals surface area contributed by atoms with Crippen LogP contribution >= 0.6 is 11.3 Å². The number of thiazole rings is 1. The van der Waals surface area contributed by atoms with Gasteiger partial charge in [0.05, 0.1) is 11.4 Å². The van der Waals surface area contributed by atoms with E-state index in [9.17, 15) is 14.4 Å². The molecule has 0 fully saturated rings. The summed E-state index contributed by atoms with van der Waals surface area (Å²) in [7, 11) is 0. The highest BCUT2D eigenvalue weighted by Crippen LogP contribution is 2.24. The molecular weight excluding hydrogens is 410 g/mol. The molecule has 0 bridgehead atoms. The van der Waals surface area contributed by atoms with Gasteiger partial charge >= 0.3 is 4.87 Å². The average molecular weight is 438 g/mol. The molecule has 0 aliphatic carbocycles. The van der Waals surface area contributed by atoms with Gasteiger partial charge in [-0.1, -0.05) is 56.4 Å². The van der Waals surface area contributed by atoms with Gasteiger partial charge in [0.15, 0.2) is 0 Å². The normalized spacial score (nSPS) is 11.2. The van der Waals surface area contributed by atoms with Crippen molar-refractivity contribution in [1.29, 1.82) is 0 Å². The van der Waals surface area contributed by atoms with Gasteiger partial charge in [-0.05, 0) is 42.2 Å². The van der Waals surface area contributed by atoms with Crippen molar-refractivity contribution in [3.8, 4) is 0 Å². The molecule has 0 radical (unpaired) electrons. The SMILES string of the molecule is Cc1csc(=O)n1CCC(=O)Nc1ccccc1NC(=O)c1ccc(C(C)(C)C)cc1. The lowest BCUT2D eigenvalue weighted by Gasteiger charge is -2.19. The molecule has 2 amide bonds. The number of nitrogens with one attached hydrogen (secondary N) is 2. The van der Waals surface area contributed by atoms with Gasteiger partial charge in [-0.15, -0.1) is 0 Å². The number of aryl methyl sites for hydroxylation is 1. The molecule has 7 heteroatoms. The lowest BCUT2D eigenvalue weighted by atomic mass is 9.87. The molecule has 2 aromatic carbocycles. The van der Waals surface area contributed by atoms with Crippen LogP contribution in [0.3, 0.4) is 0 Å². The molecule has 1 heterocycles. The fourth-order valence-electron chi connectivity index (χ4n) is 3.12. The van der Waals surface area contributed by atoms with E-state index in [4.69, 9.17) is 0 Å². The Morgan fingerprint density at radius 2 is 1.58 bits per heavy atom. The standard InChI is InChI=1S/C24H27N3O3S/c1-16-15-31-23(30)27(16)14-13-21(28)25-19-7-5-6-8-20(19)26-22(29)17-9-11-18(12-10-17)24(2,3)4/h5-12,15H,13-14H2,1-4H3,(H,25,28)(H,26,29). The molecule has 162 valence electrons. The van der Waals surface area contributed by atoms with Gasteiger partial charge in [0, 0.05) is 29.6 Å². The number of carbonyl (C=O) groups is 2. The van der Waals surface area contributed by atoms with Crippen LogP contribution in [0.15, 0.2) is 58.7 Å². The van der Waals surface area contributed by atoms with E-state index in [1.165, 1.54) is 0 Å². The van der Waals surface area contributed by atoms with Gasteiger partial charge in [-0.3, -0.25) is 14.4 Å². The maximum atomic E-state index is 12.7. The van der Waals surface area contributed by atoms with E-state index in [2.05, 4.69) is 31.4 Å². The highest BCUT2D eigenvalue weighted by Gasteiger charge is 2.15. The molecule has 0 aliphatic rings. The minimum atomic E-state index is -0.248. The van der Waals surface area contributed by atoms with Crippen molar-refractivity contribution < 1.29 is 9.59 Å². The summed E-state index contributed by atoms with van der Waals surface area (Å²) in [6.45, 7) is 8.52. The van der Waals surface area contributed by atoms with Crippen molar-refractivity contribution >= 4 is 34.5 Å². The third-order valence-corrected chi connectivity index (χ3v) is 5.88. The summed E-state index contributed by atoms with van der Waals surface area (Å²) in [5.41, 5.74) is 3.58. The number of carbonyl (C=O) groups excluding carboxylic acids is 2. The van der Waals surface area contributed by atoms with Crippen molar-refractivity contribution in [2.24, 2.45) is 0 Å². The second-order valence-corrected chi connectivity index (χ2v) is 9.24. The summed E-state index contributed by atoms with van der Waals surface area (Å²) < 4.78 is 1.58. The van der Waals surface area contributed by atoms with Crippen LogP contribution in [-0.4, -0.2) is 16.4 Å². The van der Waals surface area contributed by atoms with Gasteiger partial charge < -0.3 is 15.2 Å². The summed E-state index contributed by atoms with van der Waals surface area (Å²) in [5, 5.41) is 7.48. The Hall–Kier alpha value is -3.19. The fraction of sp³-hybridized carbons (Fsp3) is 0.292. The Kier molecular flexibility index (Phi) is 6.75. The second kappa shape index (κ2) is 9.31. The number of rotatable bonds is 6. The molecule has 3 aromatic rings. The molecule has 31 heavy (non-hydrogen) atoms. The molecule has 2 N–H and O–H groups in total. The van der Waals surface area contributed by atoms with Crippen LogP contribution < -0.4 is 15.5 Å². The van der Waals surface area contributed by atoms with Crippen LogP contribution in [0.25, 0.3) is 0 Å². The highest BCUT2D eigenvalue weighted by molar-refractivity contribution is 7.07. The van der Waals surface area contributed by atoms with Crippen molar-refractivity contribution in [2.45, 2.75) is 46.1 Å². The van der Waals surface area contributed by atoms with E-state index in [1.54, 1.807) is 46.3 Å². The average Bonchev–Trinajstić information content (AvgIpc) is 3.05. The van der Waals surface area contributed by atoms with Crippen molar-refractivity contribution in [1.82, 2.24) is 4.57 Å². The number of benzene rings is 2. The predicted molar refractivity (Wildman–Crippen MR) is 126 cm³/mol. The number of anilines is 2. The summed E-state index contributed by atoms with van der Waals surface area (Å²) in [4.78, 5) is 36.9. The Labute approximate surface area is 185 Å². The third kappa shape index (κ3) is 5.70. The highest BCUT2D eigenvalue weighted by atomic mass is 32.1. The van der Waals surface area contributed by atoms with Crippen molar-refractivity contribution in [3.05, 3.63) is 80.4 Å². The first-order valence-electron chi connectivity index (χ1n) is 10.1. The van der Waals surface area contributed by atoms with Gasteiger partial charge in [0.1, 0.15) is 0 Å². The number of aromatic nitrogens is 1. The van der Waals surface area contributed by atoms with Crippen LogP contribution in [0.5, 0.6) is 0 Å². The lowest BCUT2D eigenvalue weighted by molar-refractivity contribution is -0.116. The van der Waals surface area contributed by atoms with Gasteiger partial charge in [-0.25, -0.2) is 0 Å². The quantitative estimate of drug-likeness (QED) is 0.581. The smallest absolute Gasteiger partial charge is 0.307 e. The maximum Gasteiger partial charge on any atom is 0.307 e. The van der Waals surface area contributed by atoms with E-state index in [1.807, 2.05) is 19.1 Å². The number of para-hydroxylation sites is 2. The maximum absolute atomic E-state index is 12.7. The van der Waals surface area contributed by atoms with Gasteiger partial charge in [0.2, 0.25) is 5.91 Å². The Morgan fingerprint density at radius 1 is 0.968 bits per heavy atom. The zero-order chi connectivity index (χ0) is 22.6. The lowest BCUT2D eigenvalue weighted by Crippen LogP contribution is -2.21. The van der Waals surface area contributed by atoms with Crippen LogP contribution in [0.4, 0.5) is 11.4 Å². The molecule has 0 aliphatic heterocycles. The second-order valence-electron chi connectivity index (χ2n) is 8.42. The van der Waals surface area contributed by atoms with E-state index in [0.717, 1.165) is 22.6 Å². The monoisotopic (exact) mass is 437 g/mol. The van der Waals surface area contributed by atoms with Gasteiger partial charge in [-0.2, -0.15) is 0 Å². The van der Waals surface area contributed by atoms with Crippen molar-refractivity contribution in [3.63, 3.8) is 0 Å². The summed E-state index contributed by atoms with van der Waals surface area (Å²) in [6, 6.07) is 14.6. The predicted octanol–water partition coefficient (Wildman–Crippen LogP) is 4.80. The van der Waals surface area contributed by atoms with Crippen LogP contribution in [-0.2, 0) is 16.8 Å². The van der Waals surface area contributed by atoms with Crippen LogP contribution in [0, 0.1) is 6.92 Å². The van der Waals surface area contributed by atoms with Gasteiger partial charge in [0.25, 0.3) is 5.91 Å². The molecule has 0 unspecified atom stereocenters. The zero-order valence-electron chi connectivity index (χ0n) is 18.2. The number of amides is 2. The Bertz CT molecular complexity index is 1140. The first kappa shape index (κ1) is 22.5. The molecule has 0 saturated heterocycles. The first-order chi connectivity index (χ1) is 14.6. The minimum Gasteiger partial charge on any atom is -0.324 e. The molecular formula is C24H27N3O3S. The first-order valence-corrected chi connectivity index (χ1v) is 11.0. The summed E-state index contributed by atoms with van der Waals surface area (Å²) in [5.74, 6) is -0.476. The van der Waals surface area contributed by atoms with Crippen LogP contribution in [0.1, 0.15) is 48.8 Å². The third-order valence-electron chi connectivity index (χ3n) is 5.00. The molecule has 0 atom stereocenters. The molecule has 0 spiro atoms. The van der Waals surface area contributed by atoms with E-state index in [-0.39, 0.29) is 28.5 Å². The zero-order valence-corrected chi connectivity index (χ0v) is 19.0. The number of nitrogens with zero attached hydrogens (tertiary/aromatic N) is 1. The van der Waals surface area contributed by atoms with E-state index < -0.39 is 0 Å². The number of hydrogen-bond acceptors (Lipinski definition) is 4. The molecule has 1 aromatic heterocycles. The number of hydrogen-bond donors (Lipinski definition) is 2. The molecule has 6 nitrogen and oxygen atoms in total. The Morgan fingerprint density at radius 3 is 2.13 bits per heavy atom. The fourth-order valence-corrected chi connectivity index (χ4v) is 3.88.